The molecular formula is C14H13NO3S. The highest BCUT2D eigenvalue weighted by Crippen LogP contribution is 2.59. The van der Waals surface area contributed by atoms with E-state index in [2.05, 4.69) is 5.32 Å². The second-order valence-corrected chi connectivity index (χ2v) is 6.70. The van der Waals surface area contributed by atoms with Crippen LogP contribution in [0.1, 0.15) is 35.8 Å². The molecule has 19 heavy (non-hydrogen) atoms. The summed E-state index contributed by atoms with van der Waals surface area (Å²) in [4.78, 5) is 23.3. The van der Waals surface area contributed by atoms with Crippen LogP contribution < -0.4 is 5.32 Å². The number of phenolic OH excluding ortho intramolecular Hbond substituents is 1. The number of carbonyl (C=O) groups excluding carboxylic acids is 2. The summed E-state index contributed by atoms with van der Waals surface area (Å²) in [6.45, 7) is 0. The summed E-state index contributed by atoms with van der Waals surface area (Å²) < 4.78 is 0. The van der Waals surface area contributed by atoms with Gasteiger partial charge in [-0.3, -0.25) is 14.9 Å². The molecule has 1 aliphatic heterocycles. The van der Waals surface area contributed by atoms with Crippen molar-refractivity contribution in [1.82, 2.24) is 5.32 Å². The Hall–Kier alpha value is -1.49. The number of amides is 2. The molecule has 98 valence electrons. The van der Waals surface area contributed by atoms with Gasteiger partial charge in [-0.05, 0) is 47.9 Å². The minimum atomic E-state index is -0.304. The average molecular weight is 275 g/mol. The van der Waals surface area contributed by atoms with Gasteiger partial charge in [-0.25, -0.2) is 0 Å². The number of imide groups is 1. The van der Waals surface area contributed by atoms with E-state index in [9.17, 15) is 14.7 Å². The minimum absolute atomic E-state index is 0.108. The highest BCUT2D eigenvalue weighted by Gasteiger charge is 2.51. The molecule has 5 heteroatoms. The standard InChI is InChI=1S/C14H13NO3S/c16-8-1-2-9-10(5-8)6-3-7(4-6)11(9)12-13(17)15-14(18)19-12/h1-2,5-7,11-12,16H,3-4H2,(H,15,17,18). The summed E-state index contributed by atoms with van der Waals surface area (Å²) in [5.74, 6) is 1.24. The molecule has 2 unspecified atom stereocenters. The Morgan fingerprint density at radius 2 is 2.00 bits per heavy atom. The quantitative estimate of drug-likeness (QED) is 0.825. The zero-order valence-electron chi connectivity index (χ0n) is 10.1. The van der Waals surface area contributed by atoms with Crippen molar-refractivity contribution >= 4 is 22.9 Å². The molecule has 2 bridgehead atoms. The maximum Gasteiger partial charge on any atom is 0.286 e. The van der Waals surface area contributed by atoms with Gasteiger partial charge in [0.05, 0.1) is 0 Å². The SMILES string of the molecule is O=C1NC(=O)C(C2c3ccc(O)cc3C3CC2C3)S1. The van der Waals surface area contributed by atoms with E-state index in [4.69, 9.17) is 0 Å². The molecule has 5 rings (SSSR count). The molecule has 0 aromatic heterocycles. The van der Waals surface area contributed by atoms with Gasteiger partial charge in [-0.15, -0.1) is 0 Å². The molecule has 2 fully saturated rings. The van der Waals surface area contributed by atoms with Crippen molar-refractivity contribution in [2.45, 2.75) is 29.9 Å². The molecule has 2 N–H and O–H groups in total. The molecule has 1 aromatic carbocycles. The number of thioether (sulfide) groups is 1. The Morgan fingerprint density at radius 3 is 2.68 bits per heavy atom. The first-order valence-corrected chi connectivity index (χ1v) is 7.36. The first kappa shape index (κ1) is 11.3. The summed E-state index contributed by atoms with van der Waals surface area (Å²) >= 11 is 1.11. The highest BCUT2D eigenvalue weighted by molar-refractivity contribution is 8.15. The first-order valence-electron chi connectivity index (χ1n) is 6.48. The lowest BCUT2D eigenvalue weighted by Crippen LogP contribution is -2.41. The second kappa shape index (κ2) is 3.76. The largest absolute Gasteiger partial charge is 0.508 e. The molecule has 2 amide bonds. The van der Waals surface area contributed by atoms with Gasteiger partial charge in [0.15, 0.2) is 0 Å². The Morgan fingerprint density at radius 1 is 1.21 bits per heavy atom. The van der Waals surface area contributed by atoms with Crippen LogP contribution in [0.2, 0.25) is 0 Å². The fourth-order valence-electron chi connectivity index (χ4n) is 3.70. The third-order valence-electron chi connectivity index (χ3n) is 4.60. The van der Waals surface area contributed by atoms with Crippen LogP contribution in [0.3, 0.4) is 0 Å². The number of aromatic hydroxyl groups is 1. The van der Waals surface area contributed by atoms with Crippen molar-refractivity contribution in [3.63, 3.8) is 0 Å². The van der Waals surface area contributed by atoms with E-state index < -0.39 is 0 Å². The maximum atomic E-state index is 11.9. The smallest absolute Gasteiger partial charge is 0.286 e. The lowest BCUT2D eigenvalue weighted by molar-refractivity contribution is -0.119. The van der Waals surface area contributed by atoms with E-state index in [1.54, 1.807) is 6.07 Å². The summed E-state index contributed by atoms with van der Waals surface area (Å²) in [6, 6.07) is 5.42. The number of phenols is 1. The molecule has 4 aliphatic rings. The number of hydrogen-bond donors (Lipinski definition) is 2. The summed E-state index contributed by atoms with van der Waals surface area (Å²) in [6.07, 6.45) is 2.14. The number of nitrogens with one attached hydrogen (secondary N) is 1. The zero-order valence-corrected chi connectivity index (χ0v) is 10.9. The van der Waals surface area contributed by atoms with Crippen molar-refractivity contribution in [2.24, 2.45) is 5.92 Å². The molecule has 3 aliphatic carbocycles. The Bertz CT molecular complexity index is 594. The van der Waals surface area contributed by atoms with Gasteiger partial charge in [0.2, 0.25) is 5.91 Å². The third kappa shape index (κ3) is 1.54. The van der Waals surface area contributed by atoms with Crippen molar-refractivity contribution in [3.8, 4) is 5.75 Å². The predicted molar refractivity (Wildman–Crippen MR) is 71.2 cm³/mol. The monoisotopic (exact) mass is 275 g/mol. The van der Waals surface area contributed by atoms with E-state index >= 15 is 0 Å². The van der Waals surface area contributed by atoms with Crippen molar-refractivity contribution in [2.75, 3.05) is 0 Å². The minimum Gasteiger partial charge on any atom is -0.508 e. The normalized spacial score (nSPS) is 35.6. The molecular weight excluding hydrogens is 262 g/mol. The van der Waals surface area contributed by atoms with E-state index in [0.717, 1.165) is 30.2 Å². The van der Waals surface area contributed by atoms with Crippen LogP contribution in [-0.2, 0) is 4.79 Å². The van der Waals surface area contributed by atoms with Crippen LogP contribution in [0, 0.1) is 5.92 Å². The Balaban J connectivity index is 1.78. The molecule has 2 atom stereocenters. The maximum absolute atomic E-state index is 11.9. The van der Waals surface area contributed by atoms with Gasteiger partial charge in [-0.2, -0.15) is 0 Å². The fraction of sp³-hybridized carbons (Fsp3) is 0.429. The lowest BCUT2D eigenvalue weighted by Gasteiger charge is -2.49. The molecule has 1 saturated heterocycles. The van der Waals surface area contributed by atoms with Crippen LogP contribution in [0.15, 0.2) is 18.2 Å². The van der Waals surface area contributed by atoms with Crippen LogP contribution in [0.4, 0.5) is 4.79 Å². The first-order chi connectivity index (χ1) is 9.13. The Labute approximate surface area is 114 Å². The molecule has 1 heterocycles. The number of hydrogen-bond acceptors (Lipinski definition) is 4. The van der Waals surface area contributed by atoms with Crippen molar-refractivity contribution in [1.29, 1.82) is 0 Å². The van der Waals surface area contributed by atoms with Crippen molar-refractivity contribution in [3.05, 3.63) is 29.3 Å². The Kier molecular flexibility index (Phi) is 2.24. The van der Waals surface area contributed by atoms with Crippen LogP contribution in [-0.4, -0.2) is 21.5 Å². The highest BCUT2D eigenvalue weighted by atomic mass is 32.2. The van der Waals surface area contributed by atoms with Crippen LogP contribution in [0.5, 0.6) is 5.75 Å². The third-order valence-corrected chi connectivity index (χ3v) is 5.67. The van der Waals surface area contributed by atoms with Crippen LogP contribution in [0.25, 0.3) is 0 Å². The van der Waals surface area contributed by atoms with Gasteiger partial charge in [0, 0.05) is 5.92 Å². The van der Waals surface area contributed by atoms with E-state index in [0.29, 0.717) is 11.8 Å². The van der Waals surface area contributed by atoms with Gasteiger partial charge >= 0.3 is 0 Å². The van der Waals surface area contributed by atoms with Gasteiger partial charge in [0.1, 0.15) is 11.0 Å². The van der Waals surface area contributed by atoms with E-state index in [1.807, 2.05) is 12.1 Å². The molecule has 1 saturated carbocycles. The van der Waals surface area contributed by atoms with E-state index in [-0.39, 0.29) is 28.1 Å². The van der Waals surface area contributed by atoms with E-state index in [1.165, 1.54) is 5.56 Å². The van der Waals surface area contributed by atoms with Gasteiger partial charge in [0.25, 0.3) is 5.24 Å². The summed E-state index contributed by atoms with van der Waals surface area (Å²) in [5, 5.41) is 11.5. The molecule has 0 spiro atoms. The number of benzene rings is 1. The second-order valence-electron chi connectivity index (χ2n) is 5.58. The molecule has 4 nitrogen and oxygen atoms in total. The van der Waals surface area contributed by atoms with Crippen LogP contribution >= 0.6 is 11.8 Å². The average Bonchev–Trinajstić information content (AvgIpc) is 2.65. The summed E-state index contributed by atoms with van der Waals surface area (Å²) in [7, 11) is 0. The van der Waals surface area contributed by atoms with Crippen molar-refractivity contribution < 1.29 is 14.7 Å². The van der Waals surface area contributed by atoms with Gasteiger partial charge in [-0.1, -0.05) is 17.8 Å². The summed E-state index contributed by atoms with van der Waals surface area (Å²) in [5.41, 5.74) is 2.31. The topological polar surface area (TPSA) is 66.4 Å². The number of rotatable bonds is 1. The lowest BCUT2D eigenvalue weighted by atomic mass is 9.56. The fourth-order valence-corrected chi connectivity index (χ4v) is 4.77. The molecule has 0 radical (unpaired) electrons. The van der Waals surface area contributed by atoms with Gasteiger partial charge < -0.3 is 5.11 Å². The predicted octanol–water partition coefficient (Wildman–Crippen LogP) is 2.33. The number of carbonyl (C=O) groups is 2. The molecule has 1 aromatic rings. The zero-order chi connectivity index (χ0) is 13.1.